The van der Waals surface area contributed by atoms with Crippen LogP contribution in [0.25, 0.3) is 11.0 Å². The number of aromatic nitrogens is 3. The predicted octanol–water partition coefficient (Wildman–Crippen LogP) is 4.16. The molecular formula is C16H16N4O2S. The molecule has 0 aliphatic rings. The van der Waals surface area contributed by atoms with E-state index in [9.17, 15) is 4.79 Å². The molecule has 6 nitrogen and oxygen atoms in total. The summed E-state index contributed by atoms with van der Waals surface area (Å²) < 4.78 is 5.49. The first-order chi connectivity index (χ1) is 10.9. The number of hydrogen-bond donors (Lipinski definition) is 0. The zero-order valence-electron chi connectivity index (χ0n) is 13.1. The van der Waals surface area contributed by atoms with Gasteiger partial charge in [0.1, 0.15) is 11.4 Å². The normalized spacial score (nSPS) is 11.4. The average molecular weight is 328 g/mol. The first-order valence-electron chi connectivity index (χ1n) is 7.08. The number of rotatable bonds is 2. The van der Waals surface area contributed by atoms with E-state index in [4.69, 9.17) is 4.74 Å². The number of thiazole rings is 1. The fourth-order valence-electron chi connectivity index (χ4n) is 1.97. The molecule has 0 radical (unpaired) electrons. The average Bonchev–Trinajstić information content (AvgIpc) is 2.99. The van der Waals surface area contributed by atoms with Crippen LogP contribution in [0.3, 0.4) is 0 Å². The highest BCUT2D eigenvalue weighted by molar-refractivity contribution is 7.13. The number of fused-ring (bicyclic) bond motifs is 1. The van der Waals surface area contributed by atoms with E-state index in [1.807, 2.05) is 32.9 Å². The van der Waals surface area contributed by atoms with E-state index in [0.29, 0.717) is 16.5 Å². The van der Waals surface area contributed by atoms with Crippen LogP contribution >= 0.6 is 11.3 Å². The van der Waals surface area contributed by atoms with Crippen LogP contribution in [0.1, 0.15) is 20.8 Å². The van der Waals surface area contributed by atoms with E-state index in [1.54, 1.807) is 29.9 Å². The molecule has 0 unspecified atom stereocenters. The maximum atomic E-state index is 12.6. The minimum absolute atomic E-state index is 0.453. The lowest BCUT2D eigenvalue weighted by molar-refractivity contribution is 0.0598. The van der Waals surface area contributed by atoms with Gasteiger partial charge < -0.3 is 4.74 Å². The molecule has 0 saturated heterocycles. The van der Waals surface area contributed by atoms with Gasteiger partial charge in [0.05, 0.1) is 11.0 Å². The maximum Gasteiger partial charge on any atom is 0.422 e. The molecule has 3 aromatic rings. The van der Waals surface area contributed by atoms with Gasteiger partial charge >= 0.3 is 6.09 Å². The highest BCUT2D eigenvalue weighted by atomic mass is 32.1. The summed E-state index contributed by atoms with van der Waals surface area (Å²) in [5.74, 6) is 0.453. The number of ether oxygens (including phenoxy) is 1. The maximum absolute atomic E-state index is 12.6. The van der Waals surface area contributed by atoms with Crippen LogP contribution < -0.4 is 4.90 Å². The molecule has 1 amide bonds. The predicted molar refractivity (Wildman–Crippen MR) is 90.0 cm³/mol. The van der Waals surface area contributed by atoms with Crippen LogP contribution in [-0.4, -0.2) is 26.6 Å². The molecular weight excluding hydrogens is 312 g/mol. The smallest absolute Gasteiger partial charge is 0.422 e. The molecule has 118 valence electrons. The molecule has 0 fully saturated rings. The Morgan fingerprint density at radius 2 is 1.96 bits per heavy atom. The lowest BCUT2D eigenvalue weighted by atomic mass is 10.2. The summed E-state index contributed by atoms with van der Waals surface area (Å²) in [6.07, 6.45) is 2.83. The number of carbonyl (C=O) groups is 1. The molecule has 23 heavy (non-hydrogen) atoms. The highest BCUT2D eigenvalue weighted by Gasteiger charge is 2.27. The van der Waals surface area contributed by atoms with Crippen LogP contribution in [0.15, 0.2) is 42.0 Å². The molecule has 0 atom stereocenters. The zero-order valence-corrected chi connectivity index (χ0v) is 13.9. The van der Waals surface area contributed by atoms with Crippen molar-refractivity contribution in [2.24, 2.45) is 0 Å². The van der Waals surface area contributed by atoms with Crippen molar-refractivity contribution >= 4 is 39.4 Å². The minimum atomic E-state index is -0.606. The Morgan fingerprint density at radius 3 is 2.65 bits per heavy atom. The van der Waals surface area contributed by atoms with Crippen molar-refractivity contribution in [3.8, 4) is 0 Å². The van der Waals surface area contributed by atoms with Gasteiger partial charge in [-0.15, -0.1) is 11.3 Å². The molecule has 0 bridgehead atoms. The highest BCUT2D eigenvalue weighted by Crippen LogP contribution is 2.29. The third kappa shape index (κ3) is 3.45. The summed E-state index contributed by atoms with van der Waals surface area (Å²) in [7, 11) is 0. The number of amides is 1. The Hall–Kier alpha value is -2.54. The van der Waals surface area contributed by atoms with Crippen LogP contribution in [0.2, 0.25) is 0 Å². The van der Waals surface area contributed by atoms with Gasteiger partial charge in [-0.05, 0) is 45.0 Å². The lowest BCUT2D eigenvalue weighted by Gasteiger charge is -2.25. The molecule has 0 aliphatic heterocycles. The molecule has 3 rings (SSSR count). The van der Waals surface area contributed by atoms with E-state index < -0.39 is 11.7 Å². The summed E-state index contributed by atoms with van der Waals surface area (Å²) in [4.78, 5) is 26.9. The van der Waals surface area contributed by atoms with Gasteiger partial charge in [-0.25, -0.2) is 19.7 Å². The molecule has 3 aromatic heterocycles. The third-order valence-electron chi connectivity index (χ3n) is 2.86. The second-order valence-corrected chi connectivity index (χ2v) is 6.71. The SMILES string of the molecule is CC(C)(C)OC(=O)N(c1ccc2ncccc2n1)c1nccs1. The lowest BCUT2D eigenvalue weighted by Crippen LogP contribution is -2.34. The standard InChI is InChI=1S/C16H16N4O2S/c1-16(2,3)22-15(21)20(14-18-9-10-23-14)13-7-6-11-12(19-13)5-4-8-17-11/h4-10H,1-3H3. The Labute approximate surface area is 137 Å². The quantitative estimate of drug-likeness (QED) is 0.706. The van der Waals surface area contributed by atoms with Crippen LogP contribution in [0, 0.1) is 0 Å². The van der Waals surface area contributed by atoms with Gasteiger partial charge in [-0.3, -0.25) is 4.98 Å². The summed E-state index contributed by atoms with van der Waals surface area (Å²) in [5.41, 5.74) is 0.861. The van der Waals surface area contributed by atoms with Gasteiger partial charge in [-0.1, -0.05) is 0 Å². The Balaban J connectivity index is 2.05. The fourth-order valence-corrected chi connectivity index (χ4v) is 2.61. The summed E-state index contributed by atoms with van der Waals surface area (Å²) >= 11 is 1.34. The molecule has 3 heterocycles. The number of anilines is 2. The van der Waals surface area contributed by atoms with Gasteiger partial charge in [-0.2, -0.15) is 0 Å². The van der Waals surface area contributed by atoms with Gasteiger partial charge in [0, 0.05) is 17.8 Å². The second-order valence-electron chi connectivity index (χ2n) is 5.84. The number of pyridine rings is 2. The largest absolute Gasteiger partial charge is 0.443 e. The molecule has 0 aromatic carbocycles. The van der Waals surface area contributed by atoms with Crippen molar-refractivity contribution in [2.75, 3.05) is 4.90 Å². The van der Waals surface area contributed by atoms with Crippen LogP contribution in [0.5, 0.6) is 0 Å². The van der Waals surface area contributed by atoms with Crippen molar-refractivity contribution in [3.05, 3.63) is 42.0 Å². The Morgan fingerprint density at radius 1 is 1.13 bits per heavy atom. The first-order valence-corrected chi connectivity index (χ1v) is 7.96. The number of carbonyl (C=O) groups excluding carboxylic acids is 1. The van der Waals surface area contributed by atoms with E-state index in [2.05, 4.69) is 15.0 Å². The number of hydrogen-bond acceptors (Lipinski definition) is 6. The van der Waals surface area contributed by atoms with Gasteiger partial charge in [0.2, 0.25) is 5.13 Å². The van der Waals surface area contributed by atoms with Crippen molar-refractivity contribution in [3.63, 3.8) is 0 Å². The molecule has 7 heteroatoms. The van der Waals surface area contributed by atoms with E-state index >= 15 is 0 Å². The number of nitrogens with zero attached hydrogens (tertiary/aromatic N) is 4. The summed E-state index contributed by atoms with van der Waals surface area (Å²) in [6.45, 7) is 5.47. The molecule has 0 saturated carbocycles. The van der Waals surface area contributed by atoms with Crippen molar-refractivity contribution < 1.29 is 9.53 Å². The fraction of sp³-hybridized carbons (Fsp3) is 0.250. The third-order valence-corrected chi connectivity index (χ3v) is 3.61. The monoisotopic (exact) mass is 328 g/mol. The van der Waals surface area contributed by atoms with Crippen molar-refractivity contribution in [2.45, 2.75) is 26.4 Å². The van der Waals surface area contributed by atoms with Crippen molar-refractivity contribution in [1.29, 1.82) is 0 Å². The summed E-state index contributed by atoms with van der Waals surface area (Å²) in [5, 5.41) is 2.31. The van der Waals surface area contributed by atoms with Crippen LogP contribution in [0.4, 0.5) is 15.7 Å². The van der Waals surface area contributed by atoms with Gasteiger partial charge in [0.25, 0.3) is 0 Å². The first kappa shape index (κ1) is 15.4. The molecule has 0 spiro atoms. The topological polar surface area (TPSA) is 68.2 Å². The molecule has 0 aliphatic carbocycles. The minimum Gasteiger partial charge on any atom is -0.443 e. The second kappa shape index (κ2) is 5.92. The Kier molecular flexibility index (Phi) is 3.96. The van der Waals surface area contributed by atoms with E-state index in [-0.39, 0.29) is 0 Å². The van der Waals surface area contributed by atoms with Crippen molar-refractivity contribution in [1.82, 2.24) is 15.0 Å². The van der Waals surface area contributed by atoms with E-state index in [0.717, 1.165) is 5.52 Å². The zero-order chi connectivity index (χ0) is 16.4. The van der Waals surface area contributed by atoms with Gasteiger partial charge in [0.15, 0.2) is 0 Å². The molecule has 0 N–H and O–H groups in total. The van der Waals surface area contributed by atoms with Crippen LogP contribution in [-0.2, 0) is 4.74 Å². The van der Waals surface area contributed by atoms with E-state index in [1.165, 1.54) is 16.2 Å². The summed E-state index contributed by atoms with van der Waals surface area (Å²) in [6, 6.07) is 7.21. The Bertz CT molecular complexity index is 827.